The average molecular weight is 455 g/mol. The molecule has 0 aromatic rings. The normalized spacial score (nSPS) is 50.4. The van der Waals surface area contributed by atoms with Gasteiger partial charge in [0.1, 0.15) is 5.78 Å². The van der Waals surface area contributed by atoms with Gasteiger partial charge in [-0.15, -0.1) is 0 Å². The fraction of sp³-hybridized carbons (Fsp3) is 0.903. The summed E-state index contributed by atoms with van der Waals surface area (Å²) in [4.78, 5) is 12.6. The average Bonchev–Trinajstić information content (AvgIpc) is 3.04. The first kappa shape index (κ1) is 24.1. The summed E-state index contributed by atoms with van der Waals surface area (Å²) in [6.07, 6.45) is 12.9. The second kappa shape index (κ2) is 7.68. The molecule has 0 bridgehead atoms. The number of carbonyl (C=O) groups excluding carboxylic acids is 1. The zero-order chi connectivity index (χ0) is 24.0. The van der Waals surface area contributed by atoms with Gasteiger partial charge in [-0.05, 0) is 110 Å². The Morgan fingerprint density at radius 3 is 2.30 bits per heavy atom. The van der Waals surface area contributed by atoms with Crippen molar-refractivity contribution in [2.24, 2.45) is 51.2 Å². The molecule has 186 valence electrons. The SMILES string of the molecule is C[C@@H]([C@H]1CC[C@H](C)C(=O)C1)[C@H]1CC[C@]2(C)C3=C(CC[C@@]12C)[C@]1(C)CC[C@H](O)C(C)(C)[C@H]1CC3. The van der Waals surface area contributed by atoms with Gasteiger partial charge in [0.15, 0.2) is 0 Å². The van der Waals surface area contributed by atoms with Crippen LogP contribution in [0.5, 0.6) is 0 Å². The third kappa shape index (κ3) is 3.17. The molecule has 3 saturated carbocycles. The number of aliphatic hydroxyl groups is 1. The summed E-state index contributed by atoms with van der Waals surface area (Å²) in [5.41, 5.74) is 4.63. The summed E-state index contributed by atoms with van der Waals surface area (Å²) < 4.78 is 0. The van der Waals surface area contributed by atoms with Crippen molar-refractivity contribution in [1.29, 1.82) is 0 Å². The Bertz CT molecular complexity index is 853. The zero-order valence-electron chi connectivity index (χ0n) is 22.6. The lowest BCUT2D eigenvalue weighted by Gasteiger charge is -2.62. The molecule has 0 heterocycles. The molecule has 9 atom stereocenters. The summed E-state index contributed by atoms with van der Waals surface area (Å²) in [5.74, 6) is 3.42. The van der Waals surface area contributed by atoms with Crippen molar-refractivity contribution >= 4 is 5.78 Å². The summed E-state index contributed by atoms with van der Waals surface area (Å²) >= 11 is 0. The highest BCUT2D eigenvalue weighted by Gasteiger charge is 2.63. The maximum atomic E-state index is 12.6. The molecule has 3 fully saturated rings. The Morgan fingerprint density at radius 2 is 1.61 bits per heavy atom. The van der Waals surface area contributed by atoms with Crippen LogP contribution in [0.25, 0.3) is 0 Å². The predicted octanol–water partition coefficient (Wildman–Crippen LogP) is 7.74. The van der Waals surface area contributed by atoms with Crippen LogP contribution in [0.1, 0.15) is 119 Å². The number of allylic oxidation sites excluding steroid dienone is 2. The second-order valence-electron chi connectivity index (χ2n) is 14.5. The molecule has 0 saturated heterocycles. The van der Waals surface area contributed by atoms with Crippen LogP contribution in [0, 0.1) is 51.2 Å². The van der Waals surface area contributed by atoms with Crippen LogP contribution in [0.3, 0.4) is 0 Å². The number of hydrogen-bond donors (Lipinski definition) is 1. The molecule has 5 aliphatic rings. The van der Waals surface area contributed by atoms with E-state index in [0.29, 0.717) is 34.4 Å². The molecule has 0 spiro atoms. The lowest BCUT2D eigenvalue weighted by molar-refractivity contribution is -0.126. The lowest BCUT2D eigenvalue weighted by atomic mass is 9.43. The third-order valence-corrected chi connectivity index (χ3v) is 13.2. The molecule has 0 aliphatic heterocycles. The van der Waals surface area contributed by atoms with Gasteiger partial charge in [-0.3, -0.25) is 4.79 Å². The number of hydrogen-bond acceptors (Lipinski definition) is 2. The number of rotatable bonds is 2. The van der Waals surface area contributed by atoms with Gasteiger partial charge in [0.25, 0.3) is 0 Å². The Kier molecular flexibility index (Phi) is 5.61. The minimum atomic E-state index is -0.153. The molecular formula is C31H50O2. The molecule has 0 unspecified atom stereocenters. The fourth-order valence-electron chi connectivity index (χ4n) is 10.5. The molecule has 0 aromatic carbocycles. The Morgan fingerprint density at radius 1 is 0.879 bits per heavy atom. The molecule has 1 N–H and O–H groups in total. The number of carbonyl (C=O) groups is 1. The van der Waals surface area contributed by atoms with Crippen LogP contribution in [0.2, 0.25) is 0 Å². The van der Waals surface area contributed by atoms with Crippen LogP contribution in [-0.4, -0.2) is 17.0 Å². The van der Waals surface area contributed by atoms with Crippen molar-refractivity contribution in [1.82, 2.24) is 0 Å². The van der Waals surface area contributed by atoms with Gasteiger partial charge in [0.2, 0.25) is 0 Å². The van der Waals surface area contributed by atoms with Crippen LogP contribution < -0.4 is 0 Å². The van der Waals surface area contributed by atoms with E-state index in [2.05, 4.69) is 48.5 Å². The number of ketones is 1. The van der Waals surface area contributed by atoms with E-state index in [0.717, 1.165) is 31.6 Å². The van der Waals surface area contributed by atoms with E-state index in [-0.39, 0.29) is 22.9 Å². The standard InChI is InChI=1S/C31H50O2/c1-19-8-9-21(18-25(19)32)20(2)22-12-16-31(7)24-10-11-26-28(3,4)27(33)14-15-29(26,5)23(24)13-17-30(22,31)6/h19-22,26-27,33H,8-18H2,1-7H3/t19-,20-,21-,22+,26+,27-,29-,30-,31+/m0/s1. The number of aliphatic hydroxyl groups excluding tert-OH is 1. The lowest BCUT2D eigenvalue weighted by Crippen LogP contribution is -2.55. The highest BCUT2D eigenvalue weighted by molar-refractivity contribution is 5.81. The third-order valence-electron chi connectivity index (χ3n) is 13.2. The molecule has 33 heavy (non-hydrogen) atoms. The van der Waals surface area contributed by atoms with Crippen LogP contribution in [-0.2, 0) is 4.79 Å². The largest absolute Gasteiger partial charge is 0.393 e. The van der Waals surface area contributed by atoms with Gasteiger partial charge in [-0.25, -0.2) is 0 Å². The number of fused-ring (bicyclic) bond motifs is 4. The molecule has 2 nitrogen and oxygen atoms in total. The Balaban J connectivity index is 1.46. The topological polar surface area (TPSA) is 37.3 Å². The number of Topliss-reactive ketones (excluding diaryl/α,β-unsaturated/α-hetero) is 1. The first-order valence-corrected chi connectivity index (χ1v) is 14.3. The molecular weight excluding hydrogens is 404 g/mol. The first-order valence-electron chi connectivity index (χ1n) is 14.3. The maximum absolute atomic E-state index is 12.6. The summed E-state index contributed by atoms with van der Waals surface area (Å²) in [5, 5.41) is 10.8. The molecule has 0 radical (unpaired) electrons. The van der Waals surface area contributed by atoms with Crippen molar-refractivity contribution in [3.63, 3.8) is 0 Å². The molecule has 0 amide bonds. The predicted molar refractivity (Wildman–Crippen MR) is 136 cm³/mol. The van der Waals surface area contributed by atoms with E-state index >= 15 is 0 Å². The fourth-order valence-corrected chi connectivity index (χ4v) is 10.5. The van der Waals surface area contributed by atoms with E-state index < -0.39 is 0 Å². The van der Waals surface area contributed by atoms with E-state index in [1.807, 2.05) is 11.1 Å². The van der Waals surface area contributed by atoms with Crippen molar-refractivity contribution in [2.75, 3.05) is 0 Å². The van der Waals surface area contributed by atoms with Crippen LogP contribution in [0.15, 0.2) is 11.1 Å². The monoisotopic (exact) mass is 454 g/mol. The van der Waals surface area contributed by atoms with Crippen molar-refractivity contribution < 1.29 is 9.90 Å². The van der Waals surface area contributed by atoms with Gasteiger partial charge >= 0.3 is 0 Å². The van der Waals surface area contributed by atoms with Crippen molar-refractivity contribution in [3.05, 3.63) is 11.1 Å². The second-order valence-corrected chi connectivity index (χ2v) is 14.5. The van der Waals surface area contributed by atoms with Crippen molar-refractivity contribution in [2.45, 2.75) is 125 Å². The Hall–Kier alpha value is -0.630. The summed E-state index contributed by atoms with van der Waals surface area (Å²) in [6.45, 7) is 17.1. The summed E-state index contributed by atoms with van der Waals surface area (Å²) in [6, 6.07) is 0. The quantitative estimate of drug-likeness (QED) is 0.433. The van der Waals surface area contributed by atoms with Gasteiger partial charge in [-0.1, -0.05) is 59.6 Å². The Labute approximate surface area is 203 Å². The molecule has 2 heteroatoms. The van der Waals surface area contributed by atoms with E-state index in [4.69, 9.17) is 0 Å². The van der Waals surface area contributed by atoms with E-state index in [9.17, 15) is 9.90 Å². The van der Waals surface area contributed by atoms with Crippen LogP contribution >= 0.6 is 0 Å². The smallest absolute Gasteiger partial charge is 0.135 e. The van der Waals surface area contributed by atoms with Gasteiger partial charge < -0.3 is 5.11 Å². The van der Waals surface area contributed by atoms with Crippen LogP contribution in [0.4, 0.5) is 0 Å². The minimum Gasteiger partial charge on any atom is -0.393 e. The minimum absolute atomic E-state index is 0.0184. The maximum Gasteiger partial charge on any atom is 0.135 e. The van der Waals surface area contributed by atoms with Gasteiger partial charge in [0.05, 0.1) is 6.10 Å². The van der Waals surface area contributed by atoms with Gasteiger partial charge in [0, 0.05) is 12.3 Å². The van der Waals surface area contributed by atoms with E-state index in [1.165, 1.54) is 44.9 Å². The molecule has 0 aromatic heterocycles. The highest BCUT2D eigenvalue weighted by Crippen LogP contribution is 2.72. The van der Waals surface area contributed by atoms with E-state index in [1.54, 1.807) is 0 Å². The van der Waals surface area contributed by atoms with Gasteiger partial charge in [-0.2, -0.15) is 0 Å². The summed E-state index contributed by atoms with van der Waals surface area (Å²) in [7, 11) is 0. The molecule has 5 rings (SSSR count). The highest BCUT2D eigenvalue weighted by atomic mass is 16.3. The molecule has 5 aliphatic carbocycles. The van der Waals surface area contributed by atoms with Crippen molar-refractivity contribution in [3.8, 4) is 0 Å². The first-order chi connectivity index (χ1) is 15.4. The zero-order valence-corrected chi connectivity index (χ0v) is 22.6.